The number of rotatable bonds is 7. The van der Waals surface area contributed by atoms with Gasteiger partial charge in [-0.2, -0.15) is 0 Å². The highest BCUT2D eigenvalue weighted by molar-refractivity contribution is 6.74. The summed E-state index contributed by atoms with van der Waals surface area (Å²) < 4.78 is 26.1. The van der Waals surface area contributed by atoms with Gasteiger partial charge in [0.1, 0.15) is 5.82 Å². The topological polar surface area (TPSA) is 67.9 Å². The highest BCUT2D eigenvalue weighted by atomic mass is 28.4. The minimum atomic E-state index is -1.83. The van der Waals surface area contributed by atoms with E-state index in [9.17, 15) is 14.0 Å². The summed E-state index contributed by atoms with van der Waals surface area (Å²) >= 11 is 0. The maximum atomic E-state index is 14.8. The van der Waals surface area contributed by atoms with Crippen molar-refractivity contribution in [3.63, 3.8) is 0 Å². The van der Waals surface area contributed by atoms with Crippen molar-refractivity contribution in [2.45, 2.75) is 65.6 Å². The fourth-order valence-electron chi connectivity index (χ4n) is 4.44. The Bertz CT molecular complexity index is 1140. The van der Waals surface area contributed by atoms with Gasteiger partial charge >= 0.3 is 5.97 Å². The van der Waals surface area contributed by atoms with Crippen LogP contribution in [0.3, 0.4) is 0 Å². The molecule has 37 heavy (non-hydrogen) atoms. The second kappa shape index (κ2) is 11.4. The zero-order chi connectivity index (χ0) is 27.5. The Morgan fingerprint density at radius 2 is 1.78 bits per heavy atom. The number of carbonyl (C=O) groups excluding carboxylic acids is 2. The van der Waals surface area contributed by atoms with E-state index >= 15 is 0 Å². The lowest BCUT2D eigenvalue weighted by Crippen LogP contribution is -2.44. The van der Waals surface area contributed by atoms with Crippen molar-refractivity contribution in [3.8, 4) is 0 Å². The molecule has 0 aliphatic carbocycles. The molecule has 202 valence electrons. The molecule has 2 aromatic carbocycles. The molecule has 0 radical (unpaired) electrons. The van der Waals surface area contributed by atoms with Crippen molar-refractivity contribution in [3.05, 3.63) is 58.4 Å². The summed E-state index contributed by atoms with van der Waals surface area (Å²) in [6.45, 7) is 17.3. The van der Waals surface area contributed by atoms with Crippen LogP contribution >= 0.6 is 0 Å². The van der Waals surface area contributed by atoms with Crippen LogP contribution in [-0.2, 0) is 9.16 Å². The van der Waals surface area contributed by atoms with Gasteiger partial charge in [-0.25, -0.2) is 9.18 Å². The van der Waals surface area contributed by atoms with Gasteiger partial charge in [-0.1, -0.05) is 20.8 Å². The van der Waals surface area contributed by atoms with E-state index in [0.717, 1.165) is 38.2 Å². The molecule has 1 N–H and O–H groups in total. The number of hydrogen-bond acceptors (Lipinski definition) is 5. The Kier molecular flexibility index (Phi) is 8.85. The number of carbonyl (C=O) groups is 2. The summed E-state index contributed by atoms with van der Waals surface area (Å²) in [5.41, 5.74) is 3.19. The SMILES string of the molecule is COC(=O)c1cc(C)c(NC(=O)c2cc(N3CCC[C@@H](CO[Si](C)(C)C(C)(C)C)C3)ccc2F)c(C)c1. The number of anilines is 2. The van der Waals surface area contributed by atoms with Gasteiger partial charge in [-0.3, -0.25) is 4.79 Å². The van der Waals surface area contributed by atoms with Crippen molar-refractivity contribution >= 4 is 31.6 Å². The maximum Gasteiger partial charge on any atom is 0.337 e. The third-order valence-corrected chi connectivity index (χ3v) is 12.3. The minimum Gasteiger partial charge on any atom is -0.465 e. The van der Waals surface area contributed by atoms with Gasteiger partial charge in [0.25, 0.3) is 5.91 Å². The molecule has 1 aliphatic rings. The molecule has 0 spiro atoms. The van der Waals surface area contributed by atoms with Gasteiger partial charge in [0.05, 0.1) is 18.2 Å². The van der Waals surface area contributed by atoms with Crippen LogP contribution in [0.4, 0.5) is 15.8 Å². The molecule has 3 rings (SSSR count). The predicted octanol–water partition coefficient (Wildman–Crippen LogP) is 6.72. The first-order valence-corrected chi connectivity index (χ1v) is 15.8. The van der Waals surface area contributed by atoms with Crippen molar-refractivity contribution in [1.82, 2.24) is 0 Å². The van der Waals surface area contributed by atoms with Gasteiger partial charge in [-0.15, -0.1) is 0 Å². The Hall–Kier alpha value is -2.71. The van der Waals surface area contributed by atoms with Crippen LogP contribution in [0.2, 0.25) is 18.1 Å². The van der Waals surface area contributed by atoms with Crippen LogP contribution in [-0.4, -0.2) is 47.0 Å². The van der Waals surface area contributed by atoms with Crippen molar-refractivity contribution in [1.29, 1.82) is 0 Å². The largest absolute Gasteiger partial charge is 0.465 e. The highest BCUT2D eigenvalue weighted by Crippen LogP contribution is 2.37. The van der Waals surface area contributed by atoms with Crippen LogP contribution in [0, 0.1) is 25.6 Å². The third-order valence-electron chi connectivity index (χ3n) is 7.76. The summed E-state index contributed by atoms with van der Waals surface area (Å²) in [5, 5.41) is 3.01. The first kappa shape index (κ1) is 28.9. The van der Waals surface area contributed by atoms with E-state index in [1.54, 1.807) is 38.1 Å². The van der Waals surface area contributed by atoms with Crippen LogP contribution in [0.5, 0.6) is 0 Å². The molecule has 0 bridgehead atoms. The van der Waals surface area contributed by atoms with Crippen LogP contribution in [0.1, 0.15) is 65.5 Å². The first-order valence-electron chi connectivity index (χ1n) is 12.9. The quantitative estimate of drug-likeness (QED) is 0.319. The lowest BCUT2D eigenvalue weighted by atomic mass is 9.98. The number of halogens is 1. The Morgan fingerprint density at radius 3 is 2.38 bits per heavy atom. The van der Waals surface area contributed by atoms with Crippen LogP contribution in [0.25, 0.3) is 0 Å². The summed E-state index contributed by atoms with van der Waals surface area (Å²) in [4.78, 5) is 27.3. The molecule has 1 aliphatic heterocycles. The van der Waals surface area contributed by atoms with Crippen molar-refractivity contribution in [2.24, 2.45) is 5.92 Å². The molecule has 0 aromatic heterocycles. The lowest BCUT2D eigenvalue weighted by Gasteiger charge is -2.40. The maximum absolute atomic E-state index is 14.8. The molecule has 1 atom stereocenters. The zero-order valence-electron chi connectivity index (χ0n) is 23.5. The first-order chi connectivity index (χ1) is 17.2. The fourth-order valence-corrected chi connectivity index (χ4v) is 5.52. The average Bonchev–Trinajstić information content (AvgIpc) is 2.84. The molecule has 2 aromatic rings. The molecule has 1 amide bonds. The molecular weight excluding hydrogens is 487 g/mol. The second-order valence-corrected chi connectivity index (χ2v) is 16.4. The van der Waals surface area contributed by atoms with E-state index in [4.69, 9.17) is 9.16 Å². The van der Waals surface area contributed by atoms with Gasteiger partial charge in [0, 0.05) is 31.1 Å². The number of methoxy groups -OCH3 is 1. The van der Waals surface area contributed by atoms with Gasteiger partial charge in [-0.05, 0) is 92.2 Å². The van der Waals surface area contributed by atoms with Crippen molar-refractivity contribution in [2.75, 3.05) is 37.0 Å². The monoisotopic (exact) mass is 528 g/mol. The van der Waals surface area contributed by atoms with E-state index in [2.05, 4.69) is 44.1 Å². The third kappa shape index (κ3) is 6.79. The molecule has 1 fully saturated rings. The number of esters is 1. The van der Waals surface area contributed by atoms with E-state index in [0.29, 0.717) is 28.3 Å². The number of aryl methyl sites for hydroxylation is 2. The molecule has 0 unspecified atom stereocenters. The summed E-state index contributed by atoms with van der Waals surface area (Å²) in [5.74, 6) is -1.15. The van der Waals surface area contributed by atoms with E-state index in [1.165, 1.54) is 13.2 Å². The second-order valence-electron chi connectivity index (χ2n) is 11.6. The number of piperidine rings is 1. The Labute approximate surface area is 221 Å². The van der Waals surface area contributed by atoms with E-state index in [-0.39, 0.29) is 10.6 Å². The number of hydrogen-bond donors (Lipinski definition) is 1. The predicted molar refractivity (Wildman–Crippen MR) is 150 cm³/mol. The fraction of sp³-hybridized carbons (Fsp3) is 0.517. The van der Waals surface area contributed by atoms with Crippen molar-refractivity contribution < 1.29 is 23.1 Å². The minimum absolute atomic E-state index is 0.00649. The van der Waals surface area contributed by atoms with Gasteiger partial charge in [0.2, 0.25) is 0 Å². The highest BCUT2D eigenvalue weighted by Gasteiger charge is 2.38. The smallest absolute Gasteiger partial charge is 0.337 e. The van der Waals surface area contributed by atoms with Crippen LogP contribution in [0.15, 0.2) is 30.3 Å². The Morgan fingerprint density at radius 1 is 1.14 bits per heavy atom. The van der Waals surface area contributed by atoms with E-state index in [1.807, 2.05) is 0 Å². The normalized spacial score (nSPS) is 16.5. The number of nitrogens with zero attached hydrogens (tertiary/aromatic N) is 1. The summed E-state index contributed by atoms with van der Waals surface area (Å²) in [6.07, 6.45) is 2.12. The molecular formula is C29H41FN2O4Si. The molecule has 1 saturated heterocycles. The standard InChI is InChI=1S/C29H41FN2O4Si/c1-19-14-22(28(34)35-6)15-20(2)26(19)31-27(33)24-16-23(11-12-25(24)30)32-13-9-10-21(17-32)18-36-37(7,8)29(3,4)5/h11-12,14-16,21H,9-10,13,17-18H2,1-8H3,(H,31,33)/t21-/m1/s1. The number of amides is 1. The average molecular weight is 529 g/mol. The molecule has 1 heterocycles. The van der Waals surface area contributed by atoms with E-state index < -0.39 is 26.0 Å². The Balaban J connectivity index is 1.75. The van der Waals surface area contributed by atoms with Gasteiger partial charge < -0.3 is 19.4 Å². The number of nitrogens with one attached hydrogen (secondary N) is 1. The summed E-state index contributed by atoms with van der Waals surface area (Å²) in [6, 6.07) is 8.04. The summed E-state index contributed by atoms with van der Waals surface area (Å²) in [7, 11) is -0.503. The molecule has 6 nitrogen and oxygen atoms in total. The zero-order valence-corrected chi connectivity index (χ0v) is 24.5. The number of benzene rings is 2. The molecule has 0 saturated carbocycles. The number of ether oxygens (including phenoxy) is 1. The van der Waals surface area contributed by atoms with Gasteiger partial charge in [0.15, 0.2) is 8.32 Å². The van der Waals surface area contributed by atoms with Crippen LogP contribution < -0.4 is 10.2 Å². The lowest BCUT2D eigenvalue weighted by molar-refractivity contribution is 0.0600. The molecule has 8 heteroatoms.